The van der Waals surface area contributed by atoms with E-state index in [1.54, 1.807) is 24.3 Å². The number of unbranched alkanes of at least 4 members (excludes halogenated alkanes) is 3. The topological polar surface area (TPSA) is 70.6 Å². The van der Waals surface area contributed by atoms with Gasteiger partial charge in [0.2, 0.25) is 0 Å². The van der Waals surface area contributed by atoms with Gasteiger partial charge < -0.3 is 5.32 Å². The molecule has 0 radical (unpaired) electrons. The second-order valence-electron chi connectivity index (χ2n) is 7.22. The first-order valence-corrected chi connectivity index (χ1v) is 10.3. The fourth-order valence-corrected chi connectivity index (χ4v) is 2.98. The fraction of sp³-hybridized carbons (Fsp3) is 0.375. The number of rotatable bonds is 11. The number of nitrogens with one attached hydrogen (secondary N) is 2. The third-order valence-electron chi connectivity index (χ3n) is 4.69. The predicted molar refractivity (Wildman–Crippen MR) is 118 cm³/mol. The molecular weight excluding hydrogens is 362 g/mol. The zero-order chi connectivity index (χ0) is 20.9. The maximum absolute atomic E-state index is 12.8. The van der Waals surface area contributed by atoms with E-state index < -0.39 is 6.04 Å². The molecule has 2 aromatic carbocycles. The van der Waals surface area contributed by atoms with Crippen LogP contribution in [0.15, 0.2) is 65.8 Å². The van der Waals surface area contributed by atoms with Crippen molar-refractivity contribution in [3.05, 3.63) is 71.8 Å². The van der Waals surface area contributed by atoms with Gasteiger partial charge in [0.1, 0.15) is 6.04 Å². The van der Waals surface area contributed by atoms with Gasteiger partial charge in [-0.05, 0) is 37.5 Å². The van der Waals surface area contributed by atoms with Gasteiger partial charge in [-0.2, -0.15) is 5.10 Å². The molecule has 5 heteroatoms. The Morgan fingerprint density at radius 3 is 2.24 bits per heavy atom. The minimum Gasteiger partial charge on any atom is -0.340 e. The predicted octanol–water partition coefficient (Wildman–Crippen LogP) is 4.49. The van der Waals surface area contributed by atoms with Gasteiger partial charge >= 0.3 is 0 Å². The van der Waals surface area contributed by atoms with Crippen LogP contribution in [0.5, 0.6) is 0 Å². The van der Waals surface area contributed by atoms with E-state index in [2.05, 4.69) is 22.8 Å². The summed E-state index contributed by atoms with van der Waals surface area (Å²) in [6.45, 7) is 4.10. The number of nitrogens with zero attached hydrogens (tertiary/aromatic N) is 1. The number of hydrogen-bond acceptors (Lipinski definition) is 3. The Kier molecular flexibility index (Phi) is 9.63. The van der Waals surface area contributed by atoms with Gasteiger partial charge in [-0.3, -0.25) is 9.59 Å². The largest absolute Gasteiger partial charge is 0.340 e. The van der Waals surface area contributed by atoms with Crippen LogP contribution in [0.3, 0.4) is 0 Å². The highest BCUT2D eigenvalue weighted by atomic mass is 16.2. The van der Waals surface area contributed by atoms with Crippen LogP contribution in [0.25, 0.3) is 0 Å². The van der Waals surface area contributed by atoms with Crippen molar-refractivity contribution in [1.82, 2.24) is 10.7 Å². The van der Waals surface area contributed by atoms with Crippen LogP contribution in [0.1, 0.15) is 61.9 Å². The lowest BCUT2D eigenvalue weighted by molar-refractivity contribution is -0.122. The molecule has 0 unspecified atom stereocenters. The second-order valence-corrected chi connectivity index (χ2v) is 7.22. The molecule has 1 atom stereocenters. The van der Waals surface area contributed by atoms with E-state index in [1.807, 2.05) is 43.3 Å². The molecule has 0 aliphatic rings. The van der Waals surface area contributed by atoms with E-state index in [4.69, 9.17) is 0 Å². The molecule has 0 fully saturated rings. The molecule has 0 spiro atoms. The lowest BCUT2D eigenvalue weighted by Gasteiger charge is -2.17. The number of carbonyl (C=O) groups is 2. The van der Waals surface area contributed by atoms with Crippen molar-refractivity contribution >= 4 is 17.5 Å². The van der Waals surface area contributed by atoms with E-state index in [0.717, 1.165) is 24.1 Å². The van der Waals surface area contributed by atoms with E-state index in [0.29, 0.717) is 12.0 Å². The van der Waals surface area contributed by atoms with Crippen molar-refractivity contribution in [3.63, 3.8) is 0 Å². The van der Waals surface area contributed by atoms with Gasteiger partial charge in [-0.25, -0.2) is 5.43 Å². The molecule has 2 aromatic rings. The molecule has 154 valence electrons. The lowest BCUT2D eigenvalue weighted by atomic mass is 10.0. The summed E-state index contributed by atoms with van der Waals surface area (Å²) in [5.41, 5.74) is 5.02. The summed E-state index contributed by atoms with van der Waals surface area (Å²) in [5, 5.41) is 7.08. The SMILES string of the molecule is CCCCCC/C(C)=N\NC(=O)[C@@H](Cc1ccccc1)NC(=O)c1ccccc1. The van der Waals surface area contributed by atoms with Crippen molar-refractivity contribution in [2.45, 2.75) is 58.4 Å². The van der Waals surface area contributed by atoms with Gasteiger partial charge in [-0.15, -0.1) is 0 Å². The van der Waals surface area contributed by atoms with Gasteiger partial charge in [0, 0.05) is 17.7 Å². The summed E-state index contributed by atoms with van der Waals surface area (Å²) in [5.74, 6) is -0.590. The number of benzene rings is 2. The van der Waals surface area contributed by atoms with E-state index in [9.17, 15) is 9.59 Å². The fourth-order valence-electron chi connectivity index (χ4n) is 2.98. The standard InChI is InChI=1S/C24H31N3O2/c1-3-4-5-8-13-19(2)26-27-24(29)22(18-20-14-9-6-10-15-20)25-23(28)21-16-11-7-12-17-21/h6-7,9-12,14-17,22H,3-5,8,13,18H2,1-2H3,(H,25,28)(H,27,29)/b26-19-/t22-/m1/s1. The first kappa shape index (κ1) is 22.3. The zero-order valence-electron chi connectivity index (χ0n) is 17.4. The third-order valence-corrected chi connectivity index (χ3v) is 4.69. The molecule has 0 heterocycles. The number of amides is 2. The Balaban J connectivity index is 2.01. The monoisotopic (exact) mass is 393 g/mol. The van der Waals surface area contributed by atoms with Crippen molar-refractivity contribution < 1.29 is 9.59 Å². The minimum absolute atomic E-state index is 0.276. The van der Waals surface area contributed by atoms with E-state index in [-0.39, 0.29) is 11.8 Å². The Labute approximate surface area is 173 Å². The number of hydrogen-bond donors (Lipinski definition) is 2. The van der Waals surface area contributed by atoms with Crippen molar-refractivity contribution in [1.29, 1.82) is 0 Å². The Morgan fingerprint density at radius 2 is 1.59 bits per heavy atom. The van der Waals surface area contributed by atoms with E-state index >= 15 is 0 Å². The van der Waals surface area contributed by atoms with Crippen molar-refractivity contribution in [2.75, 3.05) is 0 Å². The Bertz CT molecular complexity index is 788. The average molecular weight is 394 g/mol. The first-order chi connectivity index (χ1) is 14.1. The maximum atomic E-state index is 12.8. The first-order valence-electron chi connectivity index (χ1n) is 10.3. The van der Waals surface area contributed by atoms with Crippen molar-refractivity contribution in [2.24, 2.45) is 5.10 Å². The van der Waals surface area contributed by atoms with Crippen LogP contribution < -0.4 is 10.7 Å². The maximum Gasteiger partial charge on any atom is 0.262 e. The normalized spacial score (nSPS) is 12.3. The summed E-state index contributed by atoms with van der Waals surface area (Å²) in [6, 6.07) is 17.8. The second kappa shape index (κ2) is 12.5. The number of carbonyl (C=O) groups excluding carboxylic acids is 2. The average Bonchev–Trinajstić information content (AvgIpc) is 2.76. The third kappa shape index (κ3) is 8.30. The van der Waals surface area contributed by atoms with Crippen molar-refractivity contribution in [3.8, 4) is 0 Å². The molecule has 0 aliphatic heterocycles. The van der Waals surface area contributed by atoms with Crippen LogP contribution in [-0.4, -0.2) is 23.6 Å². The minimum atomic E-state index is -0.707. The molecule has 0 bridgehead atoms. The molecular formula is C24H31N3O2. The zero-order valence-corrected chi connectivity index (χ0v) is 17.4. The molecule has 0 saturated carbocycles. The van der Waals surface area contributed by atoms with E-state index in [1.165, 1.54) is 19.3 Å². The smallest absolute Gasteiger partial charge is 0.262 e. The molecule has 0 aliphatic carbocycles. The highest BCUT2D eigenvalue weighted by molar-refractivity contribution is 5.97. The molecule has 2 amide bonds. The molecule has 2 N–H and O–H groups in total. The van der Waals surface area contributed by atoms with Gasteiger partial charge in [0.25, 0.3) is 11.8 Å². The van der Waals surface area contributed by atoms with Crippen LogP contribution in [-0.2, 0) is 11.2 Å². The van der Waals surface area contributed by atoms with Crippen LogP contribution in [0, 0.1) is 0 Å². The summed E-state index contributed by atoms with van der Waals surface area (Å²) in [6.07, 6.45) is 5.90. The van der Waals surface area contributed by atoms with Gasteiger partial charge in [-0.1, -0.05) is 74.7 Å². The van der Waals surface area contributed by atoms with Crippen LogP contribution in [0.2, 0.25) is 0 Å². The molecule has 0 saturated heterocycles. The highest BCUT2D eigenvalue weighted by Gasteiger charge is 2.21. The van der Waals surface area contributed by atoms with Crippen LogP contribution >= 0.6 is 0 Å². The highest BCUT2D eigenvalue weighted by Crippen LogP contribution is 2.07. The Hall–Kier alpha value is -2.95. The molecule has 2 rings (SSSR count). The van der Waals surface area contributed by atoms with Gasteiger partial charge in [0.05, 0.1) is 0 Å². The van der Waals surface area contributed by atoms with Crippen LogP contribution in [0.4, 0.5) is 0 Å². The quantitative estimate of drug-likeness (QED) is 0.335. The summed E-state index contributed by atoms with van der Waals surface area (Å²) in [4.78, 5) is 25.3. The molecule has 0 aromatic heterocycles. The van der Waals surface area contributed by atoms with Gasteiger partial charge in [0.15, 0.2) is 0 Å². The summed E-state index contributed by atoms with van der Waals surface area (Å²) in [7, 11) is 0. The Morgan fingerprint density at radius 1 is 0.931 bits per heavy atom. The summed E-state index contributed by atoms with van der Waals surface area (Å²) >= 11 is 0. The molecule has 29 heavy (non-hydrogen) atoms. The molecule has 5 nitrogen and oxygen atoms in total. The number of hydrazone groups is 1. The summed E-state index contributed by atoms with van der Waals surface area (Å²) < 4.78 is 0. The lowest BCUT2D eigenvalue weighted by Crippen LogP contribution is -2.47.